The van der Waals surface area contributed by atoms with Gasteiger partial charge in [0.15, 0.2) is 0 Å². The molecule has 0 spiro atoms. The van der Waals surface area contributed by atoms with Crippen molar-refractivity contribution in [2.45, 2.75) is 19.1 Å². The van der Waals surface area contributed by atoms with Crippen LogP contribution in [0.2, 0.25) is 0 Å². The van der Waals surface area contributed by atoms with Gasteiger partial charge >= 0.3 is 13.2 Å². The fourth-order valence-corrected chi connectivity index (χ4v) is 2.93. The van der Waals surface area contributed by atoms with Crippen molar-refractivity contribution >= 4 is 18.7 Å². The summed E-state index contributed by atoms with van der Waals surface area (Å²) in [6, 6.07) is 15.0. The number of hydrogen-bond acceptors (Lipinski definition) is 6. The van der Waals surface area contributed by atoms with E-state index in [4.69, 9.17) is 19.9 Å². The summed E-state index contributed by atoms with van der Waals surface area (Å²) in [5.41, 5.74) is 8.08. The predicted molar refractivity (Wildman–Crippen MR) is 102 cm³/mol. The van der Waals surface area contributed by atoms with Gasteiger partial charge in [0.2, 0.25) is 0 Å². The third kappa shape index (κ3) is 5.00. The molecule has 27 heavy (non-hydrogen) atoms. The first kappa shape index (κ1) is 19.2. The van der Waals surface area contributed by atoms with E-state index in [0.29, 0.717) is 37.3 Å². The molecule has 0 saturated heterocycles. The minimum Gasteiger partial charge on any atom is -0.494 e. The number of fused-ring (bicyclic) bond motifs is 1. The van der Waals surface area contributed by atoms with Gasteiger partial charge in [0.05, 0.1) is 12.7 Å². The normalized spacial score (nSPS) is 15.3. The number of carbonyl (C=O) groups excluding carboxylic acids is 1. The second-order valence-electron chi connectivity index (χ2n) is 6.16. The lowest BCUT2D eigenvalue weighted by molar-refractivity contribution is 0.139. The van der Waals surface area contributed by atoms with Crippen LogP contribution in [0.3, 0.4) is 0 Å². The molecule has 4 N–H and O–H groups in total. The molecular formula is C19H23BN2O5. The van der Waals surface area contributed by atoms with Crippen molar-refractivity contribution in [3.63, 3.8) is 0 Å². The number of carbonyl (C=O) groups is 1. The summed E-state index contributed by atoms with van der Waals surface area (Å²) in [7, 11) is -1.03. The Bertz CT molecular complexity index is 759. The van der Waals surface area contributed by atoms with Crippen LogP contribution in [-0.2, 0) is 16.0 Å². The van der Waals surface area contributed by atoms with E-state index < -0.39 is 13.2 Å². The number of nitrogens with two attached hydrogens (primary N) is 1. The van der Waals surface area contributed by atoms with Crippen molar-refractivity contribution in [1.29, 1.82) is 0 Å². The molecule has 1 heterocycles. The maximum atomic E-state index is 11.7. The SMILES string of the molecule is NCC1OB(O)c2c(OCCCNC(=O)OCc3ccccc3)cccc21. The summed E-state index contributed by atoms with van der Waals surface area (Å²) < 4.78 is 16.3. The number of ether oxygens (including phenoxy) is 2. The number of benzene rings is 2. The molecule has 1 atom stereocenters. The minimum absolute atomic E-state index is 0.236. The van der Waals surface area contributed by atoms with Crippen LogP contribution in [0.4, 0.5) is 4.79 Å². The molecule has 1 unspecified atom stereocenters. The molecule has 0 saturated carbocycles. The van der Waals surface area contributed by atoms with Gasteiger partial charge < -0.3 is 30.2 Å². The van der Waals surface area contributed by atoms with Crippen molar-refractivity contribution in [2.24, 2.45) is 5.73 Å². The van der Waals surface area contributed by atoms with Crippen molar-refractivity contribution in [3.05, 3.63) is 59.7 Å². The standard InChI is InChI=1S/C19H23BN2O5/c21-12-17-15-8-4-9-16(18(15)20(24)27-17)25-11-5-10-22-19(23)26-13-14-6-2-1-3-7-14/h1-4,6-9,17,24H,5,10-13,21H2,(H,22,23). The molecule has 0 bridgehead atoms. The lowest BCUT2D eigenvalue weighted by Crippen LogP contribution is -2.30. The Morgan fingerprint density at radius 1 is 1.22 bits per heavy atom. The summed E-state index contributed by atoms with van der Waals surface area (Å²) in [6.07, 6.45) is -0.185. The van der Waals surface area contributed by atoms with Gasteiger partial charge in [-0.25, -0.2) is 4.79 Å². The Labute approximate surface area is 158 Å². The lowest BCUT2D eigenvalue weighted by Gasteiger charge is -2.12. The molecule has 1 aliphatic rings. The quantitative estimate of drug-likeness (QED) is 0.475. The molecule has 142 valence electrons. The van der Waals surface area contributed by atoms with Crippen LogP contribution in [0, 0.1) is 0 Å². The number of alkyl carbamates (subject to hydrolysis) is 1. The smallest absolute Gasteiger partial charge is 0.494 e. The zero-order chi connectivity index (χ0) is 19.1. The highest BCUT2D eigenvalue weighted by Gasteiger charge is 2.37. The van der Waals surface area contributed by atoms with Crippen LogP contribution >= 0.6 is 0 Å². The number of rotatable bonds is 8. The topological polar surface area (TPSA) is 103 Å². The zero-order valence-corrected chi connectivity index (χ0v) is 15.0. The summed E-state index contributed by atoms with van der Waals surface area (Å²) in [6.45, 7) is 1.34. The van der Waals surface area contributed by atoms with E-state index in [1.807, 2.05) is 42.5 Å². The van der Waals surface area contributed by atoms with E-state index in [-0.39, 0.29) is 12.7 Å². The second-order valence-corrected chi connectivity index (χ2v) is 6.16. The molecule has 8 heteroatoms. The summed E-state index contributed by atoms with van der Waals surface area (Å²) in [5.74, 6) is 0.572. The number of hydrogen-bond donors (Lipinski definition) is 3. The predicted octanol–water partition coefficient (Wildman–Crippen LogP) is 1.10. The Morgan fingerprint density at radius 3 is 2.81 bits per heavy atom. The fourth-order valence-electron chi connectivity index (χ4n) is 2.93. The molecule has 0 fully saturated rings. The summed E-state index contributed by atoms with van der Waals surface area (Å²) in [5, 5.41) is 12.7. The van der Waals surface area contributed by atoms with Crippen molar-refractivity contribution in [1.82, 2.24) is 5.32 Å². The average Bonchev–Trinajstić information content (AvgIpc) is 3.03. The average molecular weight is 370 g/mol. The van der Waals surface area contributed by atoms with Gasteiger partial charge in [0, 0.05) is 18.6 Å². The van der Waals surface area contributed by atoms with Gasteiger partial charge in [0.25, 0.3) is 0 Å². The van der Waals surface area contributed by atoms with Crippen LogP contribution < -0.4 is 21.3 Å². The highest BCUT2D eigenvalue weighted by Crippen LogP contribution is 2.26. The fraction of sp³-hybridized carbons (Fsp3) is 0.316. The molecule has 2 aromatic rings. The van der Waals surface area contributed by atoms with Crippen LogP contribution in [0.25, 0.3) is 0 Å². The van der Waals surface area contributed by atoms with Gasteiger partial charge in [-0.3, -0.25) is 0 Å². The van der Waals surface area contributed by atoms with Gasteiger partial charge in [-0.05, 0) is 23.6 Å². The van der Waals surface area contributed by atoms with Crippen molar-refractivity contribution in [3.8, 4) is 5.75 Å². The second kappa shape index (κ2) is 9.41. The Morgan fingerprint density at radius 2 is 2.04 bits per heavy atom. The minimum atomic E-state index is -1.03. The van der Waals surface area contributed by atoms with E-state index in [1.165, 1.54) is 0 Å². The van der Waals surface area contributed by atoms with E-state index in [1.54, 1.807) is 6.07 Å². The third-order valence-corrected chi connectivity index (χ3v) is 4.26. The van der Waals surface area contributed by atoms with E-state index in [0.717, 1.165) is 11.1 Å². The first-order chi connectivity index (χ1) is 13.2. The highest BCUT2D eigenvalue weighted by molar-refractivity contribution is 6.62. The summed E-state index contributed by atoms with van der Waals surface area (Å²) >= 11 is 0. The monoisotopic (exact) mass is 370 g/mol. The molecule has 1 amide bonds. The first-order valence-electron chi connectivity index (χ1n) is 8.92. The Kier molecular flexibility index (Phi) is 6.70. The summed E-state index contributed by atoms with van der Waals surface area (Å²) in [4.78, 5) is 11.7. The molecule has 0 aromatic heterocycles. The Balaban J connectivity index is 1.39. The zero-order valence-electron chi connectivity index (χ0n) is 15.0. The van der Waals surface area contributed by atoms with Gasteiger partial charge in [-0.2, -0.15) is 0 Å². The van der Waals surface area contributed by atoms with Gasteiger partial charge in [-0.1, -0.05) is 42.5 Å². The molecule has 3 rings (SSSR count). The Hall–Kier alpha value is -2.55. The van der Waals surface area contributed by atoms with Crippen LogP contribution in [0.15, 0.2) is 48.5 Å². The number of amides is 1. The highest BCUT2D eigenvalue weighted by atomic mass is 16.5. The van der Waals surface area contributed by atoms with Crippen LogP contribution in [-0.4, -0.2) is 37.9 Å². The van der Waals surface area contributed by atoms with Crippen LogP contribution in [0.1, 0.15) is 23.7 Å². The van der Waals surface area contributed by atoms with Gasteiger partial charge in [0.1, 0.15) is 12.4 Å². The van der Waals surface area contributed by atoms with E-state index in [2.05, 4.69) is 5.32 Å². The molecule has 2 aromatic carbocycles. The molecule has 1 aliphatic heterocycles. The molecular weight excluding hydrogens is 347 g/mol. The largest absolute Gasteiger partial charge is 0.495 e. The van der Waals surface area contributed by atoms with Crippen LogP contribution in [0.5, 0.6) is 5.75 Å². The molecule has 7 nitrogen and oxygen atoms in total. The van der Waals surface area contributed by atoms with Crippen molar-refractivity contribution in [2.75, 3.05) is 19.7 Å². The van der Waals surface area contributed by atoms with E-state index in [9.17, 15) is 9.82 Å². The van der Waals surface area contributed by atoms with Gasteiger partial charge in [-0.15, -0.1) is 0 Å². The first-order valence-corrected chi connectivity index (χ1v) is 8.92. The molecule has 0 aliphatic carbocycles. The third-order valence-electron chi connectivity index (χ3n) is 4.26. The lowest BCUT2D eigenvalue weighted by atomic mass is 9.78. The number of nitrogens with one attached hydrogen (secondary N) is 1. The molecule has 0 radical (unpaired) electrons. The van der Waals surface area contributed by atoms with Crippen molar-refractivity contribution < 1.29 is 23.9 Å². The maximum Gasteiger partial charge on any atom is 0.495 e. The van der Waals surface area contributed by atoms with E-state index >= 15 is 0 Å². The maximum absolute atomic E-state index is 11.7.